The van der Waals surface area contributed by atoms with Crippen molar-refractivity contribution in [3.8, 4) is 5.69 Å². The maximum Gasteiger partial charge on any atom is 0.253 e. The number of nitrogens with one attached hydrogen (secondary N) is 1. The molecule has 2 heterocycles. The standard InChI is InChI=1S/C20H21FN4O/c1-20(9-2-10-23-12-20)14-4-6-15(7-5-14)25-11-13-3-8-16(21)17(19(22)26)18(13)24-25/h3-8,11,23H,2,9-10,12H2,1H3,(H2,22,26)/t20-/m0/s1. The Morgan fingerprint density at radius 3 is 2.69 bits per heavy atom. The van der Waals surface area contributed by atoms with Crippen molar-refractivity contribution >= 4 is 16.8 Å². The van der Waals surface area contributed by atoms with Crippen LogP contribution in [0.3, 0.4) is 0 Å². The maximum absolute atomic E-state index is 13.9. The van der Waals surface area contributed by atoms with E-state index < -0.39 is 11.7 Å². The van der Waals surface area contributed by atoms with Crippen molar-refractivity contribution < 1.29 is 9.18 Å². The van der Waals surface area contributed by atoms with Crippen LogP contribution in [-0.4, -0.2) is 28.8 Å². The lowest BCUT2D eigenvalue weighted by molar-refractivity contribution is 0.0998. The average Bonchev–Trinajstić information content (AvgIpc) is 3.06. The van der Waals surface area contributed by atoms with Crippen LogP contribution in [0.25, 0.3) is 16.6 Å². The second kappa shape index (κ2) is 6.21. The van der Waals surface area contributed by atoms with E-state index in [2.05, 4.69) is 29.5 Å². The van der Waals surface area contributed by atoms with Gasteiger partial charge in [0, 0.05) is 23.5 Å². The fraction of sp³-hybridized carbons (Fsp3) is 0.300. The van der Waals surface area contributed by atoms with Crippen LogP contribution in [0.2, 0.25) is 0 Å². The van der Waals surface area contributed by atoms with Gasteiger partial charge in [-0.1, -0.05) is 19.1 Å². The summed E-state index contributed by atoms with van der Waals surface area (Å²) in [6.45, 7) is 4.32. The quantitative estimate of drug-likeness (QED) is 0.761. The number of piperidine rings is 1. The highest BCUT2D eigenvalue weighted by atomic mass is 19.1. The summed E-state index contributed by atoms with van der Waals surface area (Å²) in [7, 11) is 0. The van der Waals surface area contributed by atoms with Crippen LogP contribution in [-0.2, 0) is 5.41 Å². The lowest BCUT2D eigenvalue weighted by atomic mass is 9.76. The molecule has 134 valence electrons. The summed E-state index contributed by atoms with van der Waals surface area (Å²) in [4.78, 5) is 11.6. The molecule has 1 amide bonds. The molecule has 1 aromatic heterocycles. The molecule has 1 fully saturated rings. The Kier molecular flexibility index (Phi) is 4.00. The SMILES string of the molecule is C[C@]1(c2ccc(-n3cc4ccc(F)c(C(N)=O)c4n3)cc2)CCCNC1. The van der Waals surface area contributed by atoms with Crippen LogP contribution in [0.1, 0.15) is 35.7 Å². The zero-order valence-electron chi connectivity index (χ0n) is 14.6. The number of amides is 1. The molecule has 0 bridgehead atoms. The number of carbonyl (C=O) groups is 1. The first-order chi connectivity index (χ1) is 12.5. The van der Waals surface area contributed by atoms with Crippen molar-refractivity contribution in [3.05, 3.63) is 59.5 Å². The van der Waals surface area contributed by atoms with E-state index in [9.17, 15) is 9.18 Å². The van der Waals surface area contributed by atoms with Gasteiger partial charge in [-0.3, -0.25) is 4.79 Å². The highest BCUT2D eigenvalue weighted by Gasteiger charge is 2.28. The smallest absolute Gasteiger partial charge is 0.253 e. The molecule has 1 saturated heterocycles. The number of carbonyl (C=O) groups excluding carboxylic acids is 1. The third kappa shape index (κ3) is 2.76. The van der Waals surface area contributed by atoms with Gasteiger partial charge in [-0.05, 0) is 49.2 Å². The Labute approximate surface area is 151 Å². The number of benzene rings is 2. The lowest BCUT2D eigenvalue weighted by Crippen LogP contribution is -2.41. The number of rotatable bonds is 3. The highest BCUT2D eigenvalue weighted by Crippen LogP contribution is 2.31. The first kappa shape index (κ1) is 16.7. The van der Waals surface area contributed by atoms with E-state index in [4.69, 9.17) is 5.73 Å². The molecule has 0 unspecified atom stereocenters. The van der Waals surface area contributed by atoms with E-state index in [0.29, 0.717) is 5.39 Å². The second-order valence-corrected chi connectivity index (χ2v) is 7.19. The van der Waals surface area contributed by atoms with Gasteiger partial charge in [0.25, 0.3) is 5.91 Å². The van der Waals surface area contributed by atoms with E-state index in [-0.39, 0.29) is 16.5 Å². The largest absolute Gasteiger partial charge is 0.365 e. The summed E-state index contributed by atoms with van der Waals surface area (Å²) >= 11 is 0. The number of nitrogens with zero attached hydrogens (tertiary/aromatic N) is 2. The molecule has 0 radical (unpaired) electrons. The Hall–Kier alpha value is -2.73. The van der Waals surface area contributed by atoms with E-state index in [0.717, 1.165) is 25.2 Å². The van der Waals surface area contributed by atoms with Crippen LogP contribution >= 0.6 is 0 Å². The first-order valence-electron chi connectivity index (χ1n) is 8.77. The zero-order chi connectivity index (χ0) is 18.3. The second-order valence-electron chi connectivity index (χ2n) is 7.19. The van der Waals surface area contributed by atoms with Crippen LogP contribution in [0, 0.1) is 5.82 Å². The summed E-state index contributed by atoms with van der Waals surface area (Å²) < 4.78 is 15.6. The van der Waals surface area contributed by atoms with Crippen molar-refractivity contribution in [2.75, 3.05) is 13.1 Å². The van der Waals surface area contributed by atoms with Gasteiger partial charge in [-0.25, -0.2) is 9.07 Å². The molecule has 1 aliphatic heterocycles. The minimum absolute atomic E-state index is 0.133. The summed E-state index contributed by atoms with van der Waals surface area (Å²) in [6.07, 6.45) is 4.11. The van der Waals surface area contributed by atoms with Crippen molar-refractivity contribution in [3.63, 3.8) is 0 Å². The van der Waals surface area contributed by atoms with Gasteiger partial charge in [0.2, 0.25) is 0 Å². The minimum atomic E-state index is -0.813. The van der Waals surface area contributed by atoms with Crippen molar-refractivity contribution in [1.82, 2.24) is 15.1 Å². The number of fused-ring (bicyclic) bond motifs is 1. The number of hydrogen-bond donors (Lipinski definition) is 2. The van der Waals surface area contributed by atoms with Gasteiger partial charge in [0.1, 0.15) is 16.9 Å². The Morgan fingerprint density at radius 2 is 2.04 bits per heavy atom. The van der Waals surface area contributed by atoms with Gasteiger partial charge in [0.05, 0.1) is 5.69 Å². The monoisotopic (exact) mass is 352 g/mol. The Bertz CT molecular complexity index is 971. The van der Waals surface area contributed by atoms with Gasteiger partial charge < -0.3 is 11.1 Å². The summed E-state index contributed by atoms with van der Waals surface area (Å²) in [5.74, 6) is -1.46. The fourth-order valence-electron chi connectivity index (χ4n) is 3.75. The molecule has 2 aromatic carbocycles. The summed E-state index contributed by atoms with van der Waals surface area (Å²) in [5, 5.41) is 8.52. The van der Waals surface area contributed by atoms with Gasteiger partial charge in [-0.15, -0.1) is 0 Å². The van der Waals surface area contributed by atoms with Crippen LogP contribution < -0.4 is 11.1 Å². The van der Waals surface area contributed by atoms with Gasteiger partial charge in [-0.2, -0.15) is 5.10 Å². The number of halogens is 1. The molecule has 3 N–H and O–H groups in total. The first-order valence-corrected chi connectivity index (χ1v) is 8.77. The molecule has 3 aromatic rings. The lowest BCUT2D eigenvalue weighted by Gasteiger charge is -2.34. The van der Waals surface area contributed by atoms with Gasteiger partial charge in [0.15, 0.2) is 0 Å². The molecule has 26 heavy (non-hydrogen) atoms. The van der Waals surface area contributed by atoms with E-state index in [1.54, 1.807) is 16.9 Å². The minimum Gasteiger partial charge on any atom is -0.365 e. The molecule has 6 heteroatoms. The molecular weight excluding hydrogens is 331 g/mol. The third-order valence-electron chi connectivity index (χ3n) is 5.30. The Balaban J connectivity index is 1.72. The normalized spacial score (nSPS) is 20.4. The summed E-state index contributed by atoms with van der Waals surface area (Å²) in [6, 6.07) is 11.1. The predicted molar refractivity (Wildman–Crippen MR) is 99.0 cm³/mol. The third-order valence-corrected chi connectivity index (χ3v) is 5.30. The molecule has 1 aliphatic rings. The molecular formula is C20H21FN4O. The highest BCUT2D eigenvalue weighted by molar-refractivity contribution is 6.04. The zero-order valence-corrected chi connectivity index (χ0v) is 14.6. The average molecular weight is 352 g/mol. The molecule has 0 saturated carbocycles. The van der Waals surface area contributed by atoms with Crippen molar-refractivity contribution in [2.45, 2.75) is 25.2 Å². The molecule has 0 aliphatic carbocycles. The Morgan fingerprint density at radius 1 is 1.27 bits per heavy atom. The van der Waals surface area contributed by atoms with Crippen LogP contribution in [0.5, 0.6) is 0 Å². The maximum atomic E-state index is 13.9. The van der Waals surface area contributed by atoms with Crippen LogP contribution in [0.15, 0.2) is 42.6 Å². The molecule has 5 nitrogen and oxygen atoms in total. The van der Waals surface area contributed by atoms with E-state index >= 15 is 0 Å². The van der Waals surface area contributed by atoms with Gasteiger partial charge >= 0.3 is 0 Å². The van der Waals surface area contributed by atoms with E-state index in [1.807, 2.05) is 12.1 Å². The molecule has 4 rings (SSSR count). The van der Waals surface area contributed by atoms with Crippen LogP contribution in [0.4, 0.5) is 4.39 Å². The fourth-order valence-corrected chi connectivity index (χ4v) is 3.75. The predicted octanol–water partition coefficient (Wildman–Crippen LogP) is 2.90. The number of aromatic nitrogens is 2. The topological polar surface area (TPSA) is 72.9 Å². The molecule has 0 spiro atoms. The number of nitrogens with two attached hydrogens (primary N) is 1. The van der Waals surface area contributed by atoms with Crippen molar-refractivity contribution in [2.24, 2.45) is 5.73 Å². The van der Waals surface area contributed by atoms with E-state index in [1.165, 1.54) is 18.1 Å². The number of hydrogen-bond acceptors (Lipinski definition) is 3. The molecule has 1 atom stereocenters. The summed E-state index contributed by atoms with van der Waals surface area (Å²) in [5.41, 5.74) is 7.70. The number of primary amides is 1. The van der Waals surface area contributed by atoms with Crippen molar-refractivity contribution in [1.29, 1.82) is 0 Å².